The van der Waals surface area contributed by atoms with Crippen molar-refractivity contribution in [2.75, 3.05) is 12.3 Å². The van der Waals surface area contributed by atoms with Crippen molar-refractivity contribution in [3.63, 3.8) is 0 Å². The molecule has 2 heterocycles. The molecule has 0 bridgehead atoms. The van der Waals surface area contributed by atoms with Gasteiger partial charge < -0.3 is 21.2 Å². The van der Waals surface area contributed by atoms with E-state index in [1.807, 2.05) is 0 Å². The van der Waals surface area contributed by atoms with E-state index in [-0.39, 0.29) is 17.5 Å². The number of hydrogen-bond donors (Lipinski definition) is 3. The van der Waals surface area contributed by atoms with E-state index < -0.39 is 5.91 Å². The zero-order chi connectivity index (χ0) is 14.7. The normalized spacial score (nSPS) is 10.4. The number of anilines is 1. The van der Waals surface area contributed by atoms with E-state index in [0.29, 0.717) is 23.7 Å². The third kappa shape index (κ3) is 2.97. The number of ether oxygens (including phenoxy) is 1. The Morgan fingerprint density at radius 1 is 1.45 bits per heavy atom. The number of nitrogens with zero attached hydrogens (tertiary/aromatic N) is 1. The molecule has 7 nitrogen and oxygen atoms in total. The molecule has 0 fully saturated rings. The second-order valence-electron chi connectivity index (χ2n) is 3.97. The molecule has 0 saturated carbocycles. The summed E-state index contributed by atoms with van der Waals surface area (Å²) >= 11 is 1.31. The monoisotopic (exact) mass is 294 g/mol. The van der Waals surface area contributed by atoms with Crippen LogP contribution in [0.4, 0.5) is 5.82 Å². The number of H-pyrrole nitrogens is 1. The van der Waals surface area contributed by atoms with Gasteiger partial charge in [0.1, 0.15) is 16.4 Å². The number of rotatable bonds is 5. The van der Waals surface area contributed by atoms with Crippen molar-refractivity contribution in [3.8, 4) is 0 Å². The van der Waals surface area contributed by atoms with Crippen LogP contribution >= 0.6 is 11.3 Å². The molecule has 0 saturated heterocycles. The van der Waals surface area contributed by atoms with Gasteiger partial charge in [-0.15, -0.1) is 11.3 Å². The van der Waals surface area contributed by atoms with Crippen molar-refractivity contribution in [1.29, 1.82) is 0 Å². The highest BCUT2D eigenvalue weighted by Crippen LogP contribution is 2.20. The zero-order valence-electron chi connectivity index (χ0n) is 10.8. The van der Waals surface area contributed by atoms with Crippen LogP contribution in [-0.4, -0.2) is 28.5 Å². The van der Waals surface area contributed by atoms with Crippen molar-refractivity contribution in [1.82, 2.24) is 9.97 Å². The van der Waals surface area contributed by atoms with E-state index >= 15 is 0 Å². The highest BCUT2D eigenvalue weighted by Gasteiger charge is 2.14. The van der Waals surface area contributed by atoms with Crippen LogP contribution in [-0.2, 0) is 11.2 Å². The fraction of sp³-hybridized carbons (Fsp3) is 0.250. The second kappa shape index (κ2) is 5.74. The number of carbonyl (C=O) groups is 2. The molecule has 8 heteroatoms. The lowest BCUT2D eigenvalue weighted by Gasteiger charge is -1.96. The predicted octanol–water partition coefficient (Wildman–Crippen LogP) is 0.920. The van der Waals surface area contributed by atoms with E-state index in [9.17, 15) is 9.59 Å². The van der Waals surface area contributed by atoms with Crippen LogP contribution in [0, 0.1) is 0 Å². The molecule has 0 aliphatic carbocycles. The van der Waals surface area contributed by atoms with Crippen molar-refractivity contribution < 1.29 is 14.3 Å². The van der Waals surface area contributed by atoms with Gasteiger partial charge in [0.15, 0.2) is 5.82 Å². The van der Waals surface area contributed by atoms with Crippen molar-refractivity contribution >= 4 is 29.0 Å². The number of nitrogens with one attached hydrogen (secondary N) is 1. The van der Waals surface area contributed by atoms with Crippen LogP contribution in [0.1, 0.15) is 37.8 Å². The summed E-state index contributed by atoms with van der Waals surface area (Å²) in [5.74, 6) is -0.400. The van der Waals surface area contributed by atoms with Crippen molar-refractivity contribution in [2.45, 2.75) is 13.3 Å². The quantitative estimate of drug-likeness (QED) is 0.707. The summed E-state index contributed by atoms with van der Waals surface area (Å²) in [5.41, 5.74) is 10.8. The van der Waals surface area contributed by atoms with Crippen molar-refractivity contribution in [3.05, 3.63) is 33.4 Å². The molecule has 1 amide bonds. The minimum absolute atomic E-state index is 0.0784. The average molecular weight is 294 g/mol. The summed E-state index contributed by atoms with van der Waals surface area (Å²) < 4.78 is 4.91. The van der Waals surface area contributed by atoms with Gasteiger partial charge in [-0.05, 0) is 19.1 Å². The molecule has 106 valence electrons. The van der Waals surface area contributed by atoms with E-state index in [1.54, 1.807) is 19.1 Å². The van der Waals surface area contributed by atoms with Crippen LogP contribution in [0.2, 0.25) is 0 Å². The minimum atomic E-state index is -0.653. The van der Waals surface area contributed by atoms with Gasteiger partial charge in [-0.1, -0.05) is 0 Å². The van der Waals surface area contributed by atoms with Crippen LogP contribution in [0.25, 0.3) is 0 Å². The van der Waals surface area contributed by atoms with Crippen LogP contribution in [0.3, 0.4) is 0 Å². The van der Waals surface area contributed by atoms with E-state index in [2.05, 4.69) is 9.97 Å². The highest BCUT2D eigenvalue weighted by atomic mass is 32.1. The standard InChI is InChI=1S/C12H14N4O3S/c1-2-19-12(18)7-4-3-6(20-7)5-8-15-9(11(14)17)10(13)16-8/h3-4H,2,5,13H2,1H3,(H2,14,17)(H,15,16). The molecule has 0 radical (unpaired) electrons. The Morgan fingerprint density at radius 3 is 2.80 bits per heavy atom. The third-order valence-corrected chi connectivity index (χ3v) is 3.57. The van der Waals surface area contributed by atoms with Crippen molar-refractivity contribution in [2.24, 2.45) is 5.73 Å². The number of esters is 1. The van der Waals surface area contributed by atoms with Gasteiger partial charge in [-0.3, -0.25) is 4.79 Å². The lowest BCUT2D eigenvalue weighted by molar-refractivity contribution is 0.0532. The average Bonchev–Trinajstić information content (AvgIpc) is 2.97. The van der Waals surface area contributed by atoms with Gasteiger partial charge in [0.2, 0.25) is 0 Å². The molecule has 0 unspecified atom stereocenters. The smallest absolute Gasteiger partial charge is 0.348 e. The van der Waals surface area contributed by atoms with Gasteiger partial charge >= 0.3 is 5.97 Å². The fourth-order valence-corrected chi connectivity index (χ4v) is 2.56. The molecule has 2 aromatic heterocycles. The van der Waals surface area contributed by atoms with E-state index in [4.69, 9.17) is 16.2 Å². The molecular weight excluding hydrogens is 280 g/mol. The Labute approximate surface area is 118 Å². The molecule has 0 atom stereocenters. The topological polar surface area (TPSA) is 124 Å². The van der Waals surface area contributed by atoms with E-state index in [0.717, 1.165) is 4.88 Å². The molecule has 2 rings (SSSR count). The Morgan fingerprint density at radius 2 is 2.20 bits per heavy atom. The largest absolute Gasteiger partial charge is 0.462 e. The highest BCUT2D eigenvalue weighted by molar-refractivity contribution is 7.13. The molecule has 0 aliphatic rings. The van der Waals surface area contributed by atoms with Crippen LogP contribution in [0.5, 0.6) is 0 Å². The molecular formula is C12H14N4O3S. The predicted molar refractivity (Wildman–Crippen MR) is 74.6 cm³/mol. The molecule has 0 spiro atoms. The summed E-state index contributed by atoms with van der Waals surface area (Å²) in [7, 11) is 0. The number of primary amides is 1. The first kappa shape index (κ1) is 14.1. The summed E-state index contributed by atoms with van der Waals surface area (Å²) in [5, 5.41) is 0. The Kier molecular flexibility index (Phi) is 4.04. The lowest BCUT2D eigenvalue weighted by Crippen LogP contribution is -2.13. The van der Waals surface area contributed by atoms with Gasteiger partial charge in [0, 0.05) is 11.3 Å². The molecule has 5 N–H and O–H groups in total. The summed E-state index contributed by atoms with van der Waals surface area (Å²) in [6.45, 7) is 2.09. The number of hydrogen-bond acceptors (Lipinski definition) is 6. The summed E-state index contributed by atoms with van der Waals surface area (Å²) in [6, 6.07) is 3.50. The Bertz CT molecular complexity index is 647. The number of carbonyl (C=O) groups excluding carboxylic acids is 2. The summed E-state index contributed by atoms with van der Waals surface area (Å²) in [4.78, 5) is 30.8. The number of aromatic nitrogens is 2. The fourth-order valence-electron chi connectivity index (χ4n) is 1.66. The molecule has 0 aromatic carbocycles. The Balaban J connectivity index is 2.12. The first-order valence-electron chi connectivity index (χ1n) is 5.91. The maximum absolute atomic E-state index is 11.5. The van der Waals surface area contributed by atoms with Gasteiger partial charge in [-0.2, -0.15) is 0 Å². The van der Waals surface area contributed by atoms with Crippen LogP contribution < -0.4 is 11.5 Å². The molecule has 0 aliphatic heterocycles. The van der Waals surface area contributed by atoms with Gasteiger partial charge in [0.05, 0.1) is 6.61 Å². The summed E-state index contributed by atoms with van der Waals surface area (Å²) in [6.07, 6.45) is 0.432. The first-order valence-corrected chi connectivity index (χ1v) is 6.73. The third-order valence-electron chi connectivity index (χ3n) is 2.51. The molecule has 20 heavy (non-hydrogen) atoms. The SMILES string of the molecule is CCOC(=O)c1ccc(Cc2nc(N)c(C(N)=O)[nH]2)s1. The maximum Gasteiger partial charge on any atom is 0.348 e. The van der Waals surface area contributed by atoms with Crippen LogP contribution in [0.15, 0.2) is 12.1 Å². The number of amides is 1. The number of thiophene rings is 1. The molecule has 2 aromatic rings. The number of nitrogens with two attached hydrogens (primary N) is 2. The van der Waals surface area contributed by atoms with Gasteiger partial charge in [-0.25, -0.2) is 9.78 Å². The Hall–Kier alpha value is -2.35. The first-order chi connectivity index (χ1) is 9.51. The second-order valence-corrected chi connectivity index (χ2v) is 5.14. The number of aromatic amines is 1. The number of imidazole rings is 1. The number of nitrogen functional groups attached to an aromatic ring is 1. The maximum atomic E-state index is 11.5. The zero-order valence-corrected chi connectivity index (χ0v) is 11.6. The van der Waals surface area contributed by atoms with E-state index in [1.165, 1.54) is 11.3 Å². The van der Waals surface area contributed by atoms with Gasteiger partial charge in [0.25, 0.3) is 5.91 Å². The lowest BCUT2D eigenvalue weighted by atomic mass is 10.3. The minimum Gasteiger partial charge on any atom is -0.462 e.